The number of nitrogens with zero attached hydrogens (tertiary/aromatic N) is 4. The Labute approximate surface area is 214 Å². The van der Waals surface area contributed by atoms with Crippen LogP contribution in [-0.4, -0.2) is 37.2 Å². The van der Waals surface area contributed by atoms with E-state index in [9.17, 15) is 25.4 Å². The normalized spacial score (nSPS) is 19.8. The Morgan fingerprint density at radius 1 is 1.08 bits per heavy atom. The van der Waals surface area contributed by atoms with Gasteiger partial charge in [-0.2, -0.15) is 15.8 Å². The van der Waals surface area contributed by atoms with Gasteiger partial charge in [-0.1, -0.05) is 48.5 Å². The molecule has 37 heavy (non-hydrogen) atoms. The highest BCUT2D eigenvalue weighted by Gasteiger charge is 2.54. The van der Waals surface area contributed by atoms with Crippen LogP contribution in [0, 0.1) is 45.3 Å². The molecule has 1 heterocycles. The van der Waals surface area contributed by atoms with Crippen LogP contribution in [0.4, 0.5) is 4.79 Å². The summed E-state index contributed by atoms with van der Waals surface area (Å²) in [6.45, 7) is 0.372. The van der Waals surface area contributed by atoms with Gasteiger partial charge in [0.25, 0.3) is 0 Å². The summed E-state index contributed by atoms with van der Waals surface area (Å²) in [7, 11) is 1.27. The fraction of sp³-hybridized carbons (Fsp3) is 0.250. The molecular weight excluding hydrogens is 470 g/mol. The minimum Gasteiger partial charge on any atom is -0.465 e. The molecular formula is C28H23N5O4. The lowest BCUT2D eigenvalue weighted by atomic mass is 9.58. The van der Waals surface area contributed by atoms with E-state index >= 15 is 0 Å². The van der Waals surface area contributed by atoms with E-state index in [1.165, 1.54) is 12.0 Å². The summed E-state index contributed by atoms with van der Waals surface area (Å²) in [5.41, 5.74) is 6.69. The highest BCUT2D eigenvalue weighted by molar-refractivity contribution is 5.89. The molecule has 2 aromatic rings. The van der Waals surface area contributed by atoms with Gasteiger partial charge in [0, 0.05) is 24.9 Å². The van der Waals surface area contributed by atoms with Crippen molar-refractivity contribution in [3.8, 4) is 18.2 Å². The fourth-order valence-corrected chi connectivity index (χ4v) is 4.96. The topological polar surface area (TPSA) is 153 Å². The molecule has 1 amide bonds. The van der Waals surface area contributed by atoms with E-state index in [1.54, 1.807) is 30.3 Å². The number of esters is 1. The zero-order chi connectivity index (χ0) is 26.6. The number of nitriles is 3. The predicted octanol–water partition coefficient (Wildman–Crippen LogP) is 3.54. The smallest absolute Gasteiger partial charge is 0.410 e. The van der Waals surface area contributed by atoms with Crippen molar-refractivity contribution >= 4 is 12.1 Å². The number of rotatable bonds is 4. The van der Waals surface area contributed by atoms with Gasteiger partial charge in [-0.15, -0.1) is 0 Å². The molecule has 0 bridgehead atoms. The molecule has 0 saturated heterocycles. The molecule has 0 radical (unpaired) electrons. The van der Waals surface area contributed by atoms with Gasteiger partial charge >= 0.3 is 12.1 Å². The van der Waals surface area contributed by atoms with Crippen molar-refractivity contribution in [1.82, 2.24) is 4.90 Å². The molecule has 9 nitrogen and oxygen atoms in total. The summed E-state index contributed by atoms with van der Waals surface area (Å²) in [6, 6.07) is 21.8. The third-order valence-corrected chi connectivity index (χ3v) is 6.82. The second kappa shape index (κ2) is 10.3. The average molecular weight is 494 g/mol. The number of fused-ring (bicyclic) bond motifs is 1. The van der Waals surface area contributed by atoms with E-state index in [2.05, 4.69) is 18.2 Å². The maximum atomic E-state index is 12.9. The first-order valence-electron chi connectivity index (χ1n) is 11.5. The maximum absolute atomic E-state index is 12.9. The molecule has 0 aromatic heterocycles. The number of allylic oxidation sites excluding steroid dienone is 2. The van der Waals surface area contributed by atoms with Crippen molar-refractivity contribution in [2.24, 2.45) is 17.1 Å². The molecule has 1 aliphatic heterocycles. The Hall–Kier alpha value is -5.07. The zero-order valence-corrected chi connectivity index (χ0v) is 20.0. The second-order valence-corrected chi connectivity index (χ2v) is 8.73. The second-order valence-electron chi connectivity index (χ2n) is 8.73. The maximum Gasteiger partial charge on any atom is 0.410 e. The van der Waals surface area contributed by atoms with E-state index < -0.39 is 29.3 Å². The first-order chi connectivity index (χ1) is 17.9. The van der Waals surface area contributed by atoms with Crippen molar-refractivity contribution in [3.05, 3.63) is 94.2 Å². The Bertz CT molecular complexity index is 1390. The van der Waals surface area contributed by atoms with Crippen LogP contribution in [0.25, 0.3) is 0 Å². The molecule has 0 unspecified atom stereocenters. The first kappa shape index (κ1) is 25.0. The van der Waals surface area contributed by atoms with Crippen molar-refractivity contribution in [3.63, 3.8) is 0 Å². The van der Waals surface area contributed by atoms with E-state index in [4.69, 9.17) is 15.2 Å². The number of hydrogen-bond acceptors (Lipinski definition) is 8. The van der Waals surface area contributed by atoms with Gasteiger partial charge in [-0.3, -0.25) is 0 Å². The number of carbonyl (C=O) groups is 2. The molecule has 2 aromatic carbocycles. The number of carbonyl (C=O) groups excluding carboxylic acids is 2. The van der Waals surface area contributed by atoms with Gasteiger partial charge in [-0.05, 0) is 28.8 Å². The molecule has 2 atom stereocenters. The Morgan fingerprint density at radius 2 is 1.76 bits per heavy atom. The number of ether oxygens (including phenoxy) is 2. The Balaban J connectivity index is 1.73. The summed E-state index contributed by atoms with van der Waals surface area (Å²) >= 11 is 0. The monoisotopic (exact) mass is 493 g/mol. The molecule has 184 valence electrons. The van der Waals surface area contributed by atoms with Crippen LogP contribution in [0.1, 0.15) is 27.4 Å². The van der Waals surface area contributed by atoms with Crippen LogP contribution in [-0.2, 0) is 16.1 Å². The van der Waals surface area contributed by atoms with E-state index in [0.717, 1.165) is 5.56 Å². The lowest BCUT2D eigenvalue weighted by molar-refractivity contribution is 0.0600. The summed E-state index contributed by atoms with van der Waals surface area (Å²) in [6.07, 6.45) is 1.16. The molecule has 0 fully saturated rings. The lowest BCUT2D eigenvalue weighted by Gasteiger charge is -2.45. The van der Waals surface area contributed by atoms with Gasteiger partial charge in [0.05, 0.1) is 36.1 Å². The number of methoxy groups -OCH3 is 1. The van der Waals surface area contributed by atoms with Crippen molar-refractivity contribution in [1.29, 1.82) is 15.8 Å². The number of benzene rings is 2. The van der Waals surface area contributed by atoms with Crippen molar-refractivity contribution < 1.29 is 19.1 Å². The Kier molecular flexibility index (Phi) is 6.95. The van der Waals surface area contributed by atoms with Crippen LogP contribution < -0.4 is 5.73 Å². The lowest BCUT2D eigenvalue weighted by Crippen LogP contribution is -2.49. The predicted molar refractivity (Wildman–Crippen MR) is 131 cm³/mol. The van der Waals surface area contributed by atoms with Crippen LogP contribution >= 0.6 is 0 Å². The largest absolute Gasteiger partial charge is 0.465 e. The third kappa shape index (κ3) is 4.37. The highest BCUT2D eigenvalue weighted by atomic mass is 16.6. The van der Waals surface area contributed by atoms with Crippen LogP contribution in [0.5, 0.6) is 0 Å². The molecule has 0 saturated carbocycles. The summed E-state index contributed by atoms with van der Waals surface area (Å²) < 4.78 is 10.3. The van der Waals surface area contributed by atoms with Gasteiger partial charge in [0.1, 0.15) is 12.7 Å². The van der Waals surface area contributed by atoms with Crippen LogP contribution in [0.3, 0.4) is 0 Å². The minimum atomic E-state index is -1.86. The number of hydrogen-bond donors (Lipinski definition) is 1. The van der Waals surface area contributed by atoms with Gasteiger partial charge in [0.15, 0.2) is 5.41 Å². The van der Waals surface area contributed by atoms with E-state index in [-0.39, 0.29) is 31.0 Å². The zero-order valence-electron chi connectivity index (χ0n) is 20.0. The molecule has 1 aliphatic carbocycles. The van der Waals surface area contributed by atoms with Gasteiger partial charge in [0.2, 0.25) is 0 Å². The number of nitrogens with two attached hydrogens (primary N) is 1. The quantitative estimate of drug-likeness (QED) is 0.635. The molecule has 2 aliphatic rings. The third-order valence-electron chi connectivity index (χ3n) is 6.82. The molecule has 0 spiro atoms. The van der Waals surface area contributed by atoms with Crippen molar-refractivity contribution in [2.45, 2.75) is 12.5 Å². The summed E-state index contributed by atoms with van der Waals surface area (Å²) in [5.74, 6) is -1.94. The van der Waals surface area contributed by atoms with Crippen molar-refractivity contribution in [2.75, 3.05) is 20.2 Å². The summed E-state index contributed by atoms with van der Waals surface area (Å²) in [4.78, 5) is 26.4. The first-order valence-corrected chi connectivity index (χ1v) is 11.5. The molecule has 9 heteroatoms. The molecule has 2 N–H and O–H groups in total. The van der Waals surface area contributed by atoms with Gasteiger partial charge in [-0.25, -0.2) is 9.59 Å². The highest BCUT2D eigenvalue weighted by Crippen LogP contribution is 2.54. The SMILES string of the molecule is COC(=O)c1ccc([C@H]2[C@@H]3CN(C(=O)OCc4ccccc4)CC=C3C(C#N)=C(N)C2(C#N)C#N)cc1. The Morgan fingerprint density at radius 3 is 2.35 bits per heavy atom. The van der Waals surface area contributed by atoms with Crippen LogP contribution in [0.15, 0.2) is 77.5 Å². The minimum absolute atomic E-state index is 0.0767. The van der Waals surface area contributed by atoms with Crippen LogP contribution in [0.2, 0.25) is 0 Å². The number of amides is 1. The standard InChI is InChI=1S/C28H23N5O4/c1-36-26(34)20-9-7-19(8-10-20)24-23-14-33(27(35)37-15-18-5-3-2-4-6-18)12-11-21(23)22(13-29)25(32)28(24,16-30)17-31/h2-11,23-24H,12,14-15,32H2,1H3/t23-,24+/m1/s1. The van der Waals surface area contributed by atoms with E-state index in [1.807, 2.05) is 30.3 Å². The fourth-order valence-electron chi connectivity index (χ4n) is 4.96. The molecule has 4 rings (SSSR count). The van der Waals surface area contributed by atoms with Gasteiger partial charge < -0.3 is 20.1 Å². The van der Waals surface area contributed by atoms with E-state index in [0.29, 0.717) is 16.7 Å². The average Bonchev–Trinajstić information content (AvgIpc) is 2.95. The summed E-state index contributed by atoms with van der Waals surface area (Å²) in [5, 5.41) is 30.3.